The zero-order chi connectivity index (χ0) is 10.9. The van der Waals surface area contributed by atoms with E-state index >= 15 is 0 Å². The highest BCUT2D eigenvalue weighted by molar-refractivity contribution is 7.15. The molecule has 0 aromatic carbocycles. The van der Waals surface area contributed by atoms with Crippen molar-refractivity contribution in [2.24, 2.45) is 0 Å². The molecule has 1 aromatic rings. The molecule has 0 spiro atoms. The van der Waals surface area contributed by atoms with Crippen molar-refractivity contribution in [3.05, 3.63) is 5.01 Å². The minimum atomic E-state index is -4.40. The highest BCUT2D eigenvalue weighted by Gasteiger charge is 2.36. The Balaban J connectivity index is 2.12. The summed E-state index contributed by atoms with van der Waals surface area (Å²) in [5.41, 5.74) is 0. The quantitative estimate of drug-likeness (QED) is 0.742. The van der Waals surface area contributed by atoms with Gasteiger partial charge in [0.2, 0.25) is 10.1 Å². The third-order valence-corrected chi connectivity index (χ3v) is 2.97. The predicted octanol–water partition coefficient (Wildman–Crippen LogP) is 1.39. The van der Waals surface area contributed by atoms with Crippen LogP contribution in [0.1, 0.15) is 5.01 Å². The van der Waals surface area contributed by atoms with Crippen LogP contribution >= 0.6 is 11.3 Å². The summed E-state index contributed by atoms with van der Waals surface area (Å²) in [6.07, 6.45) is -4.40. The van der Waals surface area contributed by atoms with Crippen LogP contribution in [0, 0.1) is 0 Å². The molecule has 0 N–H and O–H groups in total. The van der Waals surface area contributed by atoms with E-state index in [-0.39, 0.29) is 0 Å². The van der Waals surface area contributed by atoms with Gasteiger partial charge in [-0.15, -0.1) is 10.2 Å². The average molecular weight is 239 g/mol. The van der Waals surface area contributed by atoms with Crippen molar-refractivity contribution in [3.63, 3.8) is 0 Å². The lowest BCUT2D eigenvalue weighted by Crippen LogP contribution is -2.36. The number of alkyl halides is 3. The molecule has 8 heteroatoms. The summed E-state index contributed by atoms with van der Waals surface area (Å²) in [5, 5.41) is 6.06. The first-order valence-corrected chi connectivity index (χ1v) is 5.12. The fourth-order valence-corrected chi connectivity index (χ4v) is 1.98. The van der Waals surface area contributed by atoms with E-state index in [9.17, 15) is 13.2 Å². The highest BCUT2D eigenvalue weighted by atomic mass is 32.1. The van der Waals surface area contributed by atoms with Crippen molar-refractivity contribution in [1.29, 1.82) is 0 Å². The molecule has 0 unspecified atom stereocenters. The summed E-state index contributed by atoms with van der Waals surface area (Å²) < 4.78 is 41.8. The minimum absolute atomic E-state index is 0.311. The monoisotopic (exact) mass is 239 g/mol. The van der Waals surface area contributed by atoms with E-state index in [0.29, 0.717) is 42.8 Å². The van der Waals surface area contributed by atoms with Crippen LogP contribution in [-0.4, -0.2) is 36.5 Å². The van der Waals surface area contributed by atoms with Gasteiger partial charge in [0.1, 0.15) is 0 Å². The van der Waals surface area contributed by atoms with Crippen LogP contribution < -0.4 is 4.90 Å². The van der Waals surface area contributed by atoms with Crippen molar-refractivity contribution in [2.75, 3.05) is 31.2 Å². The van der Waals surface area contributed by atoms with Crippen LogP contribution in [0.4, 0.5) is 18.3 Å². The van der Waals surface area contributed by atoms with Crippen LogP contribution in [-0.2, 0) is 10.9 Å². The third kappa shape index (κ3) is 2.37. The Morgan fingerprint density at radius 3 is 2.40 bits per heavy atom. The SMILES string of the molecule is FC(F)(F)c1nnc(N2CCOCC2)s1. The van der Waals surface area contributed by atoms with Crippen molar-refractivity contribution in [2.45, 2.75) is 6.18 Å². The van der Waals surface area contributed by atoms with Crippen LogP contribution in [0.25, 0.3) is 0 Å². The Labute approximate surface area is 87.7 Å². The molecular weight excluding hydrogens is 231 g/mol. The fraction of sp³-hybridized carbons (Fsp3) is 0.714. The van der Waals surface area contributed by atoms with Gasteiger partial charge >= 0.3 is 6.18 Å². The number of hydrogen-bond donors (Lipinski definition) is 0. The van der Waals surface area contributed by atoms with Gasteiger partial charge in [-0.2, -0.15) is 13.2 Å². The molecule has 15 heavy (non-hydrogen) atoms. The number of halogens is 3. The maximum atomic E-state index is 12.2. The Morgan fingerprint density at radius 2 is 1.87 bits per heavy atom. The average Bonchev–Trinajstić information content (AvgIpc) is 2.67. The maximum Gasteiger partial charge on any atom is 0.445 e. The van der Waals surface area contributed by atoms with E-state index in [1.165, 1.54) is 0 Å². The number of hydrogen-bond acceptors (Lipinski definition) is 5. The fourth-order valence-electron chi connectivity index (χ4n) is 1.21. The van der Waals surface area contributed by atoms with Crippen molar-refractivity contribution < 1.29 is 17.9 Å². The first kappa shape index (κ1) is 10.6. The third-order valence-electron chi connectivity index (χ3n) is 1.94. The molecule has 1 fully saturated rings. The number of ether oxygens (including phenoxy) is 1. The summed E-state index contributed by atoms with van der Waals surface area (Å²) >= 11 is 0.569. The van der Waals surface area contributed by atoms with Gasteiger partial charge < -0.3 is 9.64 Å². The van der Waals surface area contributed by atoms with Gasteiger partial charge in [0.15, 0.2) is 0 Å². The largest absolute Gasteiger partial charge is 0.445 e. The van der Waals surface area contributed by atoms with Crippen molar-refractivity contribution in [1.82, 2.24) is 10.2 Å². The van der Waals surface area contributed by atoms with E-state index < -0.39 is 11.2 Å². The number of nitrogens with zero attached hydrogens (tertiary/aromatic N) is 3. The molecular formula is C7H8F3N3OS. The highest BCUT2D eigenvalue weighted by Crippen LogP contribution is 2.34. The van der Waals surface area contributed by atoms with Crippen molar-refractivity contribution >= 4 is 16.5 Å². The Hall–Kier alpha value is -0.890. The lowest BCUT2D eigenvalue weighted by Gasteiger charge is -2.25. The van der Waals surface area contributed by atoms with E-state index in [1.807, 2.05) is 0 Å². The van der Waals surface area contributed by atoms with Gasteiger partial charge in [0, 0.05) is 13.1 Å². The molecule has 1 aromatic heterocycles. The molecule has 84 valence electrons. The minimum Gasteiger partial charge on any atom is -0.378 e. The molecule has 0 amide bonds. The van der Waals surface area contributed by atoms with E-state index in [4.69, 9.17) is 4.74 Å². The smallest absolute Gasteiger partial charge is 0.378 e. The molecule has 1 aliphatic heterocycles. The lowest BCUT2D eigenvalue weighted by molar-refractivity contribution is -0.138. The molecule has 0 aliphatic carbocycles. The summed E-state index contributed by atoms with van der Waals surface area (Å²) in [6, 6.07) is 0. The van der Waals surface area contributed by atoms with Gasteiger partial charge in [-0.1, -0.05) is 11.3 Å². The Bertz CT molecular complexity index is 334. The van der Waals surface area contributed by atoms with Gasteiger partial charge in [0.05, 0.1) is 13.2 Å². The van der Waals surface area contributed by atoms with Gasteiger partial charge in [0.25, 0.3) is 0 Å². The van der Waals surface area contributed by atoms with E-state index in [2.05, 4.69) is 10.2 Å². The van der Waals surface area contributed by atoms with Gasteiger partial charge in [-0.25, -0.2) is 0 Å². The second-order valence-electron chi connectivity index (χ2n) is 2.99. The molecule has 0 bridgehead atoms. The topological polar surface area (TPSA) is 38.2 Å². The first-order chi connectivity index (χ1) is 7.07. The van der Waals surface area contributed by atoms with E-state index in [1.54, 1.807) is 4.90 Å². The first-order valence-electron chi connectivity index (χ1n) is 4.31. The second kappa shape index (κ2) is 3.93. The zero-order valence-corrected chi connectivity index (χ0v) is 8.44. The molecule has 0 saturated carbocycles. The van der Waals surface area contributed by atoms with Gasteiger partial charge in [-0.05, 0) is 0 Å². The molecule has 2 rings (SSSR count). The van der Waals surface area contributed by atoms with Crippen LogP contribution in [0.2, 0.25) is 0 Å². The van der Waals surface area contributed by atoms with E-state index in [0.717, 1.165) is 0 Å². The molecule has 1 aliphatic rings. The molecule has 1 saturated heterocycles. The van der Waals surface area contributed by atoms with Crippen LogP contribution in [0.3, 0.4) is 0 Å². The summed E-state index contributed by atoms with van der Waals surface area (Å²) in [4.78, 5) is 1.75. The molecule has 0 atom stereocenters. The maximum absolute atomic E-state index is 12.2. The summed E-state index contributed by atoms with van der Waals surface area (Å²) in [5.74, 6) is 0. The number of rotatable bonds is 1. The lowest BCUT2D eigenvalue weighted by atomic mass is 10.5. The zero-order valence-electron chi connectivity index (χ0n) is 7.62. The number of morpholine rings is 1. The van der Waals surface area contributed by atoms with Gasteiger partial charge in [-0.3, -0.25) is 0 Å². The molecule has 0 radical (unpaired) electrons. The summed E-state index contributed by atoms with van der Waals surface area (Å²) in [7, 11) is 0. The standard InChI is InChI=1S/C7H8F3N3OS/c8-7(9,10)5-11-12-6(15-5)13-1-3-14-4-2-13/h1-4H2. The Morgan fingerprint density at radius 1 is 1.20 bits per heavy atom. The summed E-state index contributed by atoms with van der Waals surface area (Å²) in [6.45, 7) is 2.15. The molecule has 2 heterocycles. The van der Waals surface area contributed by atoms with Crippen molar-refractivity contribution in [3.8, 4) is 0 Å². The normalized spacial score (nSPS) is 18.2. The molecule has 4 nitrogen and oxygen atoms in total. The van der Waals surface area contributed by atoms with Crippen LogP contribution in [0.5, 0.6) is 0 Å². The predicted molar refractivity (Wildman–Crippen MR) is 47.9 cm³/mol. The number of aromatic nitrogens is 2. The Kier molecular flexibility index (Phi) is 2.79. The second-order valence-corrected chi connectivity index (χ2v) is 3.94. The van der Waals surface area contributed by atoms with Crippen LogP contribution in [0.15, 0.2) is 0 Å². The number of anilines is 1.